The largest absolute Gasteiger partial charge is 0.493 e. The number of nitrogens with zero attached hydrogens (tertiary/aromatic N) is 2. The maximum Gasteiger partial charge on any atom is 0.122 e. The van der Waals surface area contributed by atoms with E-state index in [1.165, 1.54) is 5.56 Å². The van der Waals surface area contributed by atoms with Crippen molar-refractivity contribution in [2.45, 2.75) is 31.8 Å². The molecule has 0 aliphatic carbocycles. The van der Waals surface area contributed by atoms with Crippen molar-refractivity contribution in [1.82, 2.24) is 9.55 Å². The fourth-order valence-electron chi connectivity index (χ4n) is 2.60. The zero-order chi connectivity index (χ0) is 13.2. The van der Waals surface area contributed by atoms with Crippen LogP contribution in [0.1, 0.15) is 24.2 Å². The molecule has 0 spiro atoms. The van der Waals surface area contributed by atoms with Crippen molar-refractivity contribution in [2.75, 3.05) is 6.61 Å². The minimum atomic E-state index is 0.133. The van der Waals surface area contributed by atoms with E-state index in [4.69, 9.17) is 10.5 Å². The monoisotopic (exact) mass is 257 g/mol. The molecular weight excluding hydrogens is 238 g/mol. The van der Waals surface area contributed by atoms with Gasteiger partial charge in [-0.3, -0.25) is 0 Å². The molecule has 2 heterocycles. The number of imidazole rings is 1. The molecule has 2 aromatic rings. The van der Waals surface area contributed by atoms with E-state index < -0.39 is 0 Å². The number of hydrogen-bond donors (Lipinski definition) is 1. The molecule has 0 amide bonds. The normalized spacial score (nSPS) is 18.9. The molecule has 0 bridgehead atoms. The standard InChI is InChI=1S/C15H19N3O/c1-11(16)8-15-17-6-7-18(15)9-12-10-19-14-5-3-2-4-13(12)14/h2-7,11-12H,8-10,16H2,1H3. The number of benzene rings is 1. The lowest BCUT2D eigenvalue weighted by atomic mass is 10.0. The maximum atomic E-state index is 5.86. The lowest BCUT2D eigenvalue weighted by Gasteiger charge is -2.13. The summed E-state index contributed by atoms with van der Waals surface area (Å²) in [6, 6.07) is 8.40. The molecule has 4 nitrogen and oxygen atoms in total. The number of fused-ring (bicyclic) bond motifs is 1. The lowest BCUT2D eigenvalue weighted by molar-refractivity contribution is 0.317. The second-order valence-electron chi connectivity index (χ2n) is 5.22. The highest BCUT2D eigenvalue weighted by atomic mass is 16.5. The molecule has 1 aliphatic rings. The Morgan fingerprint density at radius 3 is 3.16 bits per heavy atom. The van der Waals surface area contributed by atoms with E-state index in [1.807, 2.05) is 31.5 Å². The van der Waals surface area contributed by atoms with Crippen molar-refractivity contribution in [1.29, 1.82) is 0 Å². The topological polar surface area (TPSA) is 53.1 Å². The number of aromatic nitrogens is 2. The van der Waals surface area contributed by atoms with Gasteiger partial charge in [-0.1, -0.05) is 18.2 Å². The molecule has 2 unspecified atom stereocenters. The van der Waals surface area contributed by atoms with Crippen LogP contribution < -0.4 is 10.5 Å². The molecule has 1 aliphatic heterocycles. The second kappa shape index (κ2) is 5.05. The molecule has 1 aromatic carbocycles. The van der Waals surface area contributed by atoms with Gasteiger partial charge in [-0.2, -0.15) is 0 Å². The minimum absolute atomic E-state index is 0.133. The minimum Gasteiger partial charge on any atom is -0.493 e. The summed E-state index contributed by atoms with van der Waals surface area (Å²) >= 11 is 0. The van der Waals surface area contributed by atoms with Crippen LogP contribution in [0, 0.1) is 0 Å². The van der Waals surface area contributed by atoms with Crippen molar-refractivity contribution < 1.29 is 4.74 Å². The quantitative estimate of drug-likeness (QED) is 0.910. The first-order valence-electron chi connectivity index (χ1n) is 6.71. The number of rotatable bonds is 4. The van der Waals surface area contributed by atoms with Crippen LogP contribution in [0.4, 0.5) is 0 Å². The molecule has 2 atom stereocenters. The number of hydrogen-bond acceptors (Lipinski definition) is 3. The summed E-state index contributed by atoms with van der Waals surface area (Å²) in [5.74, 6) is 2.47. The van der Waals surface area contributed by atoms with Crippen molar-refractivity contribution in [2.24, 2.45) is 5.73 Å². The number of ether oxygens (including phenoxy) is 1. The lowest BCUT2D eigenvalue weighted by Crippen LogP contribution is -2.21. The van der Waals surface area contributed by atoms with Crippen molar-refractivity contribution in [3.05, 3.63) is 48.0 Å². The Labute approximate surface area is 113 Å². The first kappa shape index (κ1) is 12.2. The Kier molecular flexibility index (Phi) is 3.25. The molecule has 0 radical (unpaired) electrons. The molecular formula is C15H19N3O. The fourth-order valence-corrected chi connectivity index (χ4v) is 2.60. The third-order valence-corrected chi connectivity index (χ3v) is 3.52. The Morgan fingerprint density at radius 2 is 2.32 bits per heavy atom. The summed E-state index contributed by atoms with van der Waals surface area (Å²) < 4.78 is 7.92. The zero-order valence-electron chi connectivity index (χ0n) is 11.1. The smallest absolute Gasteiger partial charge is 0.122 e. The van der Waals surface area contributed by atoms with Gasteiger partial charge in [0.05, 0.1) is 6.61 Å². The molecule has 1 aromatic heterocycles. The first-order chi connectivity index (χ1) is 9.24. The molecule has 100 valence electrons. The van der Waals surface area contributed by atoms with Gasteiger partial charge in [0.25, 0.3) is 0 Å². The summed E-state index contributed by atoms with van der Waals surface area (Å²) in [7, 11) is 0. The van der Waals surface area contributed by atoms with Crippen molar-refractivity contribution in [3.63, 3.8) is 0 Å². The predicted octanol–water partition coefficient (Wildman–Crippen LogP) is 1.95. The number of nitrogens with two attached hydrogens (primary N) is 1. The molecule has 0 saturated carbocycles. The highest BCUT2D eigenvalue weighted by molar-refractivity contribution is 5.39. The van der Waals surface area contributed by atoms with Crippen LogP contribution in [-0.4, -0.2) is 22.2 Å². The van der Waals surface area contributed by atoms with Gasteiger partial charge in [0, 0.05) is 42.9 Å². The van der Waals surface area contributed by atoms with E-state index in [0.717, 1.165) is 31.1 Å². The molecule has 0 fully saturated rings. The molecule has 3 rings (SSSR count). The Morgan fingerprint density at radius 1 is 1.47 bits per heavy atom. The van der Waals surface area contributed by atoms with Gasteiger partial charge in [-0.05, 0) is 13.0 Å². The van der Waals surface area contributed by atoms with E-state index in [1.54, 1.807) is 0 Å². The SMILES string of the molecule is CC(N)Cc1nccn1CC1COc2ccccc21. The van der Waals surface area contributed by atoms with E-state index in [0.29, 0.717) is 5.92 Å². The molecule has 4 heteroatoms. The average molecular weight is 257 g/mol. The van der Waals surface area contributed by atoms with Crippen LogP contribution >= 0.6 is 0 Å². The third-order valence-electron chi connectivity index (χ3n) is 3.52. The highest BCUT2D eigenvalue weighted by Crippen LogP contribution is 2.34. The predicted molar refractivity (Wildman–Crippen MR) is 74.3 cm³/mol. The van der Waals surface area contributed by atoms with E-state index in [2.05, 4.69) is 21.7 Å². The average Bonchev–Trinajstić information content (AvgIpc) is 2.98. The van der Waals surface area contributed by atoms with Gasteiger partial charge in [0.1, 0.15) is 11.6 Å². The Hall–Kier alpha value is -1.81. The Bertz CT molecular complexity index is 562. The summed E-state index contributed by atoms with van der Waals surface area (Å²) in [5.41, 5.74) is 7.15. The first-order valence-corrected chi connectivity index (χ1v) is 6.71. The van der Waals surface area contributed by atoms with Crippen LogP contribution in [-0.2, 0) is 13.0 Å². The van der Waals surface area contributed by atoms with Crippen LogP contribution in [0.2, 0.25) is 0 Å². The fraction of sp³-hybridized carbons (Fsp3) is 0.400. The molecule has 2 N–H and O–H groups in total. The van der Waals surface area contributed by atoms with Gasteiger partial charge >= 0.3 is 0 Å². The zero-order valence-corrected chi connectivity index (χ0v) is 11.1. The van der Waals surface area contributed by atoms with E-state index >= 15 is 0 Å². The summed E-state index contributed by atoms with van der Waals surface area (Å²) in [6.45, 7) is 3.65. The van der Waals surface area contributed by atoms with Crippen molar-refractivity contribution in [3.8, 4) is 5.75 Å². The van der Waals surface area contributed by atoms with Gasteiger partial charge in [0.15, 0.2) is 0 Å². The van der Waals surface area contributed by atoms with Gasteiger partial charge in [0.2, 0.25) is 0 Å². The van der Waals surface area contributed by atoms with E-state index in [9.17, 15) is 0 Å². The molecule has 0 saturated heterocycles. The van der Waals surface area contributed by atoms with Crippen LogP contribution in [0.25, 0.3) is 0 Å². The van der Waals surface area contributed by atoms with Crippen molar-refractivity contribution >= 4 is 0 Å². The Balaban J connectivity index is 1.78. The molecule has 19 heavy (non-hydrogen) atoms. The number of para-hydroxylation sites is 1. The third kappa shape index (κ3) is 2.49. The van der Waals surface area contributed by atoms with E-state index in [-0.39, 0.29) is 6.04 Å². The van der Waals surface area contributed by atoms with Crippen LogP contribution in [0.3, 0.4) is 0 Å². The van der Waals surface area contributed by atoms with Crippen LogP contribution in [0.5, 0.6) is 5.75 Å². The maximum absolute atomic E-state index is 5.86. The van der Waals surface area contributed by atoms with Gasteiger partial charge < -0.3 is 15.0 Å². The second-order valence-corrected chi connectivity index (χ2v) is 5.22. The van der Waals surface area contributed by atoms with Crippen LogP contribution in [0.15, 0.2) is 36.7 Å². The van der Waals surface area contributed by atoms with Gasteiger partial charge in [-0.25, -0.2) is 4.98 Å². The summed E-state index contributed by atoms with van der Waals surface area (Å²) in [5, 5.41) is 0. The summed E-state index contributed by atoms with van der Waals surface area (Å²) in [6.07, 6.45) is 4.68. The van der Waals surface area contributed by atoms with Gasteiger partial charge in [-0.15, -0.1) is 0 Å². The summed E-state index contributed by atoms with van der Waals surface area (Å²) in [4.78, 5) is 4.40. The highest BCUT2D eigenvalue weighted by Gasteiger charge is 2.24.